The normalized spacial score (nSPS) is 34.5. The smallest absolute Gasteiger partial charge is 0.103 e. The van der Waals surface area contributed by atoms with Gasteiger partial charge in [-0.15, -0.1) is 11.8 Å². The minimum absolute atomic E-state index is 0.213. The molecule has 1 rings (SSSR count). The van der Waals surface area contributed by atoms with Gasteiger partial charge in [0.2, 0.25) is 0 Å². The molecule has 1 fully saturated rings. The summed E-state index contributed by atoms with van der Waals surface area (Å²) in [6, 6.07) is 0. The fourth-order valence-electron chi connectivity index (χ4n) is 0.407. The van der Waals surface area contributed by atoms with Crippen molar-refractivity contribution in [2.45, 2.75) is 5.44 Å². The van der Waals surface area contributed by atoms with Crippen LogP contribution in [0.2, 0.25) is 0 Å². The van der Waals surface area contributed by atoms with Crippen LogP contribution in [0, 0.1) is 6.92 Å². The van der Waals surface area contributed by atoms with Gasteiger partial charge in [0.15, 0.2) is 0 Å². The molecule has 1 heterocycles. The lowest BCUT2D eigenvalue weighted by molar-refractivity contribution is 0.171. The first-order chi connectivity index (χ1) is 2.89. The highest BCUT2D eigenvalue weighted by molar-refractivity contribution is 8.00. The predicted octanol–water partition coefficient (Wildman–Crippen LogP) is 0.910. The van der Waals surface area contributed by atoms with E-state index in [-0.39, 0.29) is 5.44 Å². The summed E-state index contributed by atoms with van der Waals surface area (Å²) in [5.74, 6) is 1.12. The van der Waals surface area contributed by atoms with Crippen LogP contribution >= 0.6 is 11.8 Å². The van der Waals surface area contributed by atoms with E-state index < -0.39 is 0 Å². The largest absolute Gasteiger partial charge is 0.367 e. The summed E-state index contributed by atoms with van der Waals surface area (Å²) in [5, 5.41) is 0. The molecule has 0 aromatic rings. The molecule has 0 aromatic heterocycles. The van der Waals surface area contributed by atoms with Gasteiger partial charge in [-0.25, -0.2) is 0 Å². The third-order valence-electron chi connectivity index (χ3n) is 0.691. The lowest BCUT2D eigenvalue weighted by Gasteiger charge is -1.93. The average Bonchev–Trinajstić information content (AvgIpc) is 1.86. The van der Waals surface area contributed by atoms with Gasteiger partial charge >= 0.3 is 0 Å². The molecule has 6 heavy (non-hydrogen) atoms. The summed E-state index contributed by atoms with van der Waals surface area (Å²) in [5.41, 5.74) is 0.213. The Balaban J connectivity index is 2.18. The minimum Gasteiger partial charge on any atom is -0.367 e. The molecule has 0 N–H and O–H groups in total. The highest BCUT2D eigenvalue weighted by atomic mass is 32.2. The summed E-state index contributed by atoms with van der Waals surface area (Å²) >= 11 is 1.76. The average molecular weight is 103 g/mol. The van der Waals surface area contributed by atoms with Crippen molar-refractivity contribution in [3.05, 3.63) is 6.92 Å². The molecule has 0 bridgehead atoms. The molecule has 2 heteroatoms. The van der Waals surface area contributed by atoms with Gasteiger partial charge in [0.05, 0.1) is 6.61 Å². The van der Waals surface area contributed by atoms with Crippen molar-refractivity contribution in [1.82, 2.24) is 0 Å². The first kappa shape index (κ1) is 4.47. The Morgan fingerprint density at radius 2 is 2.67 bits per heavy atom. The zero-order valence-corrected chi connectivity index (χ0v) is 4.33. The number of hydrogen-bond acceptors (Lipinski definition) is 2. The van der Waals surface area contributed by atoms with Crippen molar-refractivity contribution in [2.24, 2.45) is 0 Å². The van der Waals surface area contributed by atoms with Crippen molar-refractivity contribution >= 4 is 11.8 Å². The Hall–Kier alpha value is 0.310. The summed E-state index contributed by atoms with van der Waals surface area (Å²) in [4.78, 5) is 0. The molecule has 0 spiro atoms. The van der Waals surface area contributed by atoms with Crippen LogP contribution in [-0.4, -0.2) is 17.8 Å². The quantitative estimate of drug-likeness (QED) is 0.450. The van der Waals surface area contributed by atoms with Gasteiger partial charge in [-0.1, -0.05) is 0 Å². The van der Waals surface area contributed by atoms with Crippen LogP contribution in [0.15, 0.2) is 0 Å². The van der Waals surface area contributed by atoms with Gasteiger partial charge in [-0.05, 0) is 6.92 Å². The SMILES string of the molecule is [CH2]C1OCCS1. The third-order valence-corrected chi connectivity index (χ3v) is 1.60. The van der Waals surface area contributed by atoms with E-state index >= 15 is 0 Å². The Morgan fingerprint density at radius 1 is 1.83 bits per heavy atom. The van der Waals surface area contributed by atoms with Gasteiger partial charge in [-0.3, -0.25) is 0 Å². The van der Waals surface area contributed by atoms with E-state index in [0.29, 0.717) is 0 Å². The first-order valence-corrected chi connectivity index (χ1v) is 3.01. The zero-order chi connectivity index (χ0) is 4.41. The van der Waals surface area contributed by atoms with Gasteiger partial charge in [0, 0.05) is 5.75 Å². The van der Waals surface area contributed by atoms with E-state index in [4.69, 9.17) is 4.74 Å². The predicted molar refractivity (Wildman–Crippen MR) is 27.6 cm³/mol. The first-order valence-electron chi connectivity index (χ1n) is 1.96. The standard InChI is InChI=1S/C4H7OS/c1-4-5-2-3-6-4/h4H,1-3H2. The molecule has 1 nitrogen and oxygen atoms in total. The van der Waals surface area contributed by atoms with Crippen molar-refractivity contribution in [3.63, 3.8) is 0 Å². The fourth-order valence-corrected chi connectivity index (χ4v) is 1.06. The Kier molecular flexibility index (Phi) is 1.37. The van der Waals surface area contributed by atoms with E-state index in [1.807, 2.05) is 0 Å². The van der Waals surface area contributed by atoms with Crippen LogP contribution < -0.4 is 0 Å². The second-order valence-electron chi connectivity index (χ2n) is 1.17. The summed E-state index contributed by atoms with van der Waals surface area (Å²) in [6.45, 7) is 4.57. The van der Waals surface area contributed by atoms with Gasteiger partial charge in [-0.2, -0.15) is 0 Å². The molecular formula is C4H7OS. The molecule has 1 saturated heterocycles. The van der Waals surface area contributed by atoms with E-state index in [9.17, 15) is 0 Å². The van der Waals surface area contributed by atoms with Gasteiger partial charge in [0.25, 0.3) is 0 Å². The number of ether oxygens (including phenoxy) is 1. The maximum Gasteiger partial charge on any atom is 0.103 e. The third kappa shape index (κ3) is 0.884. The highest BCUT2D eigenvalue weighted by Crippen LogP contribution is 2.17. The van der Waals surface area contributed by atoms with Crippen molar-refractivity contribution in [1.29, 1.82) is 0 Å². The van der Waals surface area contributed by atoms with Gasteiger partial charge < -0.3 is 4.74 Å². The van der Waals surface area contributed by atoms with E-state index in [2.05, 4.69) is 6.92 Å². The number of hydrogen-bond donors (Lipinski definition) is 0. The lowest BCUT2D eigenvalue weighted by Crippen LogP contribution is -1.91. The molecule has 1 aliphatic heterocycles. The molecule has 0 aromatic carbocycles. The van der Waals surface area contributed by atoms with Crippen LogP contribution in [0.1, 0.15) is 0 Å². The second-order valence-corrected chi connectivity index (χ2v) is 2.44. The zero-order valence-electron chi connectivity index (χ0n) is 3.52. The summed E-state index contributed by atoms with van der Waals surface area (Å²) < 4.78 is 5.00. The minimum atomic E-state index is 0.213. The Morgan fingerprint density at radius 3 is 2.83 bits per heavy atom. The van der Waals surface area contributed by atoms with Crippen LogP contribution in [0.4, 0.5) is 0 Å². The molecular weight excluding hydrogens is 96.1 g/mol. The Labute approximate surface area is 42.1 Å². The van der Waals surface area contributed by atoms with E-state index in [1.54, 1.807) is 11.8 Å². The van der Waals surface area contributed by atoms with Crippen LogP contribution in [0.25, 0.3) is 0 Å². The van der Waals surface area contributed by atoms with Gasteiger partial charge in [0.1, 0.15) is 5.44 Å². The van der Waals surface area contributed by atoms with Crippen molar-refractivity contribution in [3.8, 4) is 0 Å². The fraction of sp³-hybridized carbons (Fsp3) is 0.750. The Bertz CT molecular complexity index is 40.8. The van der Waals surface area contributed by atoms with Crippen LogP contribution in [-0.2, 0) is 4.74 Å². The maximum atomic E-state index is 5.00. The van der Waals surface area contributed by atoms with Crippen LogP contribution in [0.3, 0.4) is 0 Å². The van der Waals surface area contributed by atoms with Crippen molar-refractivity contribution < 1.29 is 4.74 Å². The molecule has 0 saturated carbocycles. The molecule has 1 aliphatic rings. The monoisotopic (exact) mass is 103 g/mol. The molecule has 0 amide bonds. The number of rotatable bonds is 0. The highest BCUT2D eigenvalue weighted by Gasteiger charge is 2.07. The maximum absolute atomic E-state index is 5.00. The van der Waals surface area contributed by atoms with Crippen molar-refractivity contribution in [2.75, 3.05) is 12.4 Å². The second kappa shape index (κ2) is 1.85. The van der Waals surface area contributed by atoms with E-state index in [0.717, 1.165) is 12.4 Å². The van der Waals surface area contributed by atoms with E-state index in [1.165, 1.54) is 0 Å². The molecule has 1 unspecified atom stereocenters. The molecule has 35 valence electrons. The molecule has 1 radical (unpaired) electrons. The summed E-state index contributed by atoms with van der Waals surface area (Å²) in [6.07, 6.45) is 0. The number of thioether (sulfide) groups is 1. The molecule has 1 atom stereocenters. The molecule has 0 aliphatic carbocycles. The summed E-state index contributed by atoms with van der Waals surface area (Å²) in [7, 11) is 0. The van der Waals surface area contributed by atoms with Crippen LogP contribution in [0.5, 0.6) is 0 Å². The lowest BCUT2D eigenvalue weighted by atomic mass is 10.8. The topological polar surface area (TPSA) is 9.23 Å².